The molecule has 4 nitrogen and oxygen atoms in total. The van der Waals surface area contributed by atoms with Crippen LogP contribution in [0.25, 0.3) is 10.2 Å². The topological polar surface area (TPSA) is 51.4 Å². The summed E-state index contributed by atoms with van der Waals surface area (Å²) in [4.78, 5) is -0.275. The number of sulfonamides is 1. The molecule has 0 radical (unpaired) electrons. The second-order valence-corrected chi connectivity index (χ2v) is 7.49. The van der Waals surface area contributed by atoms with Gasteiger partial charge in [0, 0.05) is 0 Å². The second kappa shape index (κ2) is 5.86. The molecule has 0 spiro atoms. The van der Waals surface area contributed by atoms with Crippen LogP contribution >= 0.6 is 11.3 Å². The Balaban J connectivity index is 2.24. The summed E-state index contributed by atoms with van der Waals surface area (Å²) in [6, 6.07) is 12.6. The molecule has 1 aromatic heterocycles. The zero-order valence-corrected chi connectivity index (χ0v) is 13.6. The molecule has 0 saturated heterocycles. The van der Waals surface area contributed by atoms with Gasteiger partial charge in [-0.2, -0.15) is 17.2 Å². The quantitative estimate of drug-likeness (QED) is 0.720. The third-order valence-corrected chi connectivity index (χ3v) is 5.68. The monoisotopic (exact) mass is 354 g/mol. The molecule has 23 heavy (non-hydrogen) atoms. The molecular formula is C15H12F2N2O2S2. The van der Waals surface area contributed by atoms with E-state index in [0.29, 0.717) is 9.27 Å². The van der Waals surface area contributed by atoms with Crippen LogP contribution in [0.5, 0.6) is 0 Å². The first-order chi connectivity index (χ1) is 10.9. The summed E-state index contributed by atoms with van der Waals surface area (Å²) in [5.74, 6) is 0. The smallest absolute Gasteiger partial charge is 0.258 e. The van der Waals surface area contributed by atoms with Gasteiger partial charge in [0.05, 0.1) is 15.1 Å². The highest BCUT2D eigenvalue weighted by Gasteiger charge is 2.18. The number of aryl methyl sites for hydroxylation is 1. The molecular weight excluding hydrogens is 342 g/mol. The summed E-state index contributed by atoms with van der Waals surface area (Å²) >= 11 is 0.914. The SMILES string of the molecule is Cc1ccc(S(=O)(=O)N=c2sc3ccccc3n2C(F)F)cc1. The Morgan fingerprint density at radius 3 is 2.39 bits per heavy atom. The van der Waals surface area contributed by atoms with Crippen LogP contribution in [0, 0.1) is 6.92 Å². The molecule has 1 heterocycles. The number of aromatic nitrogens is 1. The van der Waals surface area contributed by atoms with E-state index in [1.165, 1.54) is 18.2 Å². The fourth-order valence-electron chi connectivity index (χ4n) is 2.11. The Morgan fingerprint density at radius 2 is 1.74 bits per heavy atom. The van der Waals surface area contributed by atoms with Crippen LogP contribution in [0.15, 0.2) is 57.8 Å². The third kappa shape index (κ3) is 3.04. The van der Waals surface area contributed by atoms with Crippen molar-refractivity contribution >= 4 is 31.6 Å². The van der Waals surface area contributed by atoms with E-state index >= 15 is 0 Å². The Morgan fingerprint density at radius 1 is 1.09 bits per heavy atom. The maximum atomic E-state index is 13.3. The summed E-state index contributed by atoms with van der Waals surface area (Å²) in [5.41, 5.74) is 1.15. The predicted molar refractivity (Wildman–Crippen MR) is 85.0 cm³/mol. The molecule has 8 heteroatoms. The largest absolute Gasteiger partial charge is 0.321 e. The lowest BCUT2D eigenvalue weighted by molar-refractivity contribution is 0.0723. The normalized spacial score (nSPS) is 13.1. The highest BCUT2D eigenvalue weighted by Crippen LogP contribution is 2.22. The summed E-state index contributed by atoms with van der Waals surface area (Å²) in [5, 5.41) is 0. The van der Waals surface area contributed by atoms with Crippen molar-refractivity contribution in [1.29, 1.82) is 0 Å². The lowest BCUT2D eigenvalue weighted by atomic mass is 10.2. The standard InChI is InChI=1S/C15H12F2N2O2S2/c1-10-6-8-11(9-7-10)23(20,21)18-15-19(14(16)17)12-4-2-3-5-13(12)22-15/h2-9,14H,1H3. The van der Waals surface area contributed by atoms with Crippen molar-refractivity contribution in [3.05, 3.63) is 58.9 Å². The maximum Gasteiger partial charge on any atom is 0.321 e. The van der Waals surface area contributed by atoms with Gasteiger partial charge in [-0.3, -0.25) is 4.57 Å². The number of halogens is 2. The van der Waals surface area contributed by atoms with Crippen LogP contribution in [0.1, 0.15) is 12.1 Å². The zero-order chi connectivity index (χ0) is 16.6. The van der Waals surface area contributed by atoms with Crippen LogP contribution in [0.4, 0.5) is 8.78 Å². The number of hydrogen-bond acceptors (Lipinski definition) is 3. The van der Waals surface area contributed by atoms with Crippen LogP contribution < -0.4 is 4.80 Å². The minimum atomic E-state index is -4.05. The molecule has 2 aromatic carbocycles. The van der Waals surface area contributed by atoms with Gasteiger partial charge in [0.15, 0.2) is 0 Å². The Bertz CT molecular complexity index is 1020. The third-order valence-electron chi connectivity index (χ3n) is 3.24. The summed E-state index contributed by atoms with van der Waals surface area (Å²) in [7, 11) is -4.05. The average molecular weight is 354 g/mol. The number of para-hydroxylation sites is 1. The lowest BCUT2D eigenvalue weighted by Crippen LogP contribution is -2.17. The van der Waals surface area contributed by atoms with E-state index in [4.69, 9.17) is 0 Å². The number of thiazole rings is 1. The van der Waals surface area contributed by atoms with E-state index in [2.05, 4.69) is 4.40 Å². The highest BCUT2D eigenvalue weighted by atomic mass is 32.2. The van der Waals surface area contributed by atoms with Gasteiger partial charge < -0.3 is 0 Å². The minimum Gasteiger partial charge on any atom is -0.258 e. The molecule has 0 aliphatic rings. The molecule has 3 aromatic rings. The zero-order valence-electron chi connectivity index (χ0n) is 12.0. The van der Waals surface area contributed by atoms with E-state index in [0.717, 1.165) is 16.9 Å². The van der Waals surface area contributed by atoms with Gasteiger partial charge in [-0.25, -0.2) is 0 Å². The Labute approximate surface area is 135 Å². The van der Waals surface area contributed by atoms with E-state index in [1.807, 2.05) is 6.92 Å². The van der Waals surface area contributed by atoms with Crippen molar-refractivity contribution in [1.82, 2.24) is 4.57 Å². The first-order valence-electron chi connectivity index (χ1n) is 6.64. The molecule has 0 atom stereocenters. The van der Waals surface area contributed by atoms with E-state index < -0.39 is 16.6 Å². The van der Waals surface area contributed by atoms with Crippen molar-refractivity contribution in [2.24, 2.45) is 4.40 Å². The van der Waals surface area contributed by atoms with Crippen molar-refractivity contribution in [2.45, 2.75) is 18.4 Å². The van der Waals surface area contributed by atoms with Gasteiger partial charge in [-0.1, -0.05) is 41.2 Å². The number of rotatable bonds is 3. The molecule has 0 amide bonds. The first-order valence-corrected chi connectivity index (χ1v) is 8.90. The van der Waals surface area contributed by atoms with Gasteiger partial charge in [-0.05, 0) is 31.2 Å². The van der Waals surface area contributed by atoms with E-state index in [9.17, 15) is 17.2 Å². The first kappa shape index (κ1) is 15.8. The Kier molecular flexibility index (Phi) is 4.03. The minimum absolute atomic E-state index is 0.0265. The van der Waals surface area contributed by atoms with Crippen molar-refractivity contribution in [2.75, 3.05) is 0 Å². The number of fused-ring (bicyclic) bond motifs is 1. The molecule has 0 aliphatic heterocycles. The van der Waals surface area contributed by atoms with Crippen molar-refractivity contribution < 1.29 is 17.2 Å². The maximum absolute atomic E-state index is 13.3. The van der Waals surface area contributed by atoms with E-state index in [1.54, 1.807) is 30.3 Å². The number of alkyl halides is 2. The lowest BCUT2D eigenvalue weighted by Gasteiger charge is -2.03. The molecule has 0 bridgehead atoms. The number of hydrogen-bond donors (Lipinski definition) is 0. The second-order valence-electron chi connectivity index (χ2n) is 4.88. The fraction of sp³-hybridized carbons (Fsp3) is 0.133. The molecule has 0 fully saturated rings. The van der Waals surface area contributed by atoms with Gasteiger partial charge in [0.25, 0.3) is 10.0 Å². The summed E-state index contributed by atoms with van der Waals surface area (Å²) < 4.78 is 56.2. The Hall–Kier alpha value is -2.06. The van der Waals surface area contributed by atoms with Gasteiger partial charge in [0.2, 0.25) is 4.80 Å². The van der Waals surface area contributed by atoms with Gasteiger partial charge in [-0.15, -0.1) is 4.40 Å². The molecule has 0 aliphatic carbocycles. The molecule has 0 unspecified atom stereocenters. The number of nitrogens with zero attached hydrogens (tertiary/aromatic N) is 2. The fourth-order valence-corrected chi connectivity index (χ4v) is 4.32. The highest BCUT2D eigenvalue weighted by molar-refractivity contribution is 7.90. The van der Waals surface area contributed by atoms with Gasteiger partial charge in [0.1, 0.15) is 0 Å². The van der Waals surface area contributed by atoms with Crippen molar-refractivity contribution in [3.63, 3.8) is 0 Å². The average Bonchev–Trinajstić information content (AvgIpc) is 2.84. The predicted octanol–water partition coefficient (Wildman–Crippen LogP) is 3.70. The summed E-state index contributed by atoms with van der Waals surface area (Å²) in [6.45, 7) is -1.05. The van der Waals surface area contributed by atoms with Gasteiger partial charge >= 0.3 is 6.55 Å². The van der Waals surface area contributed by atoms with Crippen LogP contribution in [-0.4, -0.2) is 13.0 Å². The summed E-state index contributed by atoms with van der Waals surface area (Å²) in [6.07, 6.45) is 0. The molecule has 120 valence electrons. The molecule has 3 rings (SSSR count). The number of benzene rings is 2. The van der Waals surface area contributed by atoms with E-state index in [-0.39, 0.29) is 15.2 Å². The van der Waals surface area contributed by atoms with Crippen LogP contribution in [0.3, 0.4) is 0 Å². The van der Waals surface area contributed by atoms with Crippen molar-refractivity contribution in [3.8, 4) is 0 Å². The van der Waals surface area contributed by atoms with Crippen LogP contribution in [-0.2, 0) is 10.0 Å². The molecule has 0 N–H and O–H groups in total. The molecule has 0 saturated carbocycles. The van der Waals surface area contributed by atoms with Crippen LogP contribution in [0.2, 0.25) is 0 Å².